The molecule has 1 aliphatic rings. The third-order valence-electron chi connectivity index (χ3n) is 4.00. The summed E-state index contributed by atoms with van der Waals surface area (Å²) in [5, 5.41) is 3.64. The van der Waals surface area contributed by atoms with E-state index in [1.54, 1.807) is 14.2 Å². The van der Waals surface area contributed by atoms with Gasteiger partial charge in [-0.05, 0) is 43.4 Å². The van der Waals surface area contributed by atoms with Crippen molar-refractivity contribution in [3.8, 4) is 11.5 Å². The molecular formula is C16H25NO2. The summed E-state index contributed by atoms with van der Waals surface area (Å²) >= 11 is 0. The fourth-order valence-electron chi connectivity index (χ4n) is 2.97. The lowest BCUT2D eigenvalue weighted by atomic mass is 9.80. The zero-order valence-electron chi connectivity index (χ0n) is 12.5. The highest BCUT2D eigenvalue weighted by molar-refractivity contribution is 5.50. The van der Waals surface area contributed by atoms with Crippen LogP contribution in [0.1, 0.15) is 56.2 Å². The predicted molar refractivity (Wildman–Crippen MR) is 78.2 cm³/mol. The molecule has 0 aromatic heterocycles. The molecule has 1 aliphatic carbocycles. The van der Waals surface area contributed by atoms with Gasteiger partial charge < -0.3 is 14.8 Å². The fraction of sp³-hybridized carbons (Fsp3) is 0.625. The number of fused-ring (bicyclic) bond motifs is 1. The van der Waals surface area contributed by atoms with Crippen molar-refractivity contribution in [2.75, 3.05) is 20.8 Å². The molecule has 0 fully saturated rings. The van der Waals surface area contributed by atoms with Gasteiger partial charge in [-0.3, -0.25) is 0 Å². The molecule has 0 heterocycles. The summed E-state index contributed by atoms with van der Waals surface area (Å²) in [6.07, 6.45) is 3.55. The van der Waals surface area contributed by atoms with E-state index < -0.39 is 0 Å². The fourth-order valence-corrected chi connectivity index (χ4v) is 2.97. The molecular weight excluding hydrogens is 238 g/mol. The van der Waals surface area contributed by atoms with Crippen molar-refractivity contribution in [3.05, 3.63) is 23.3 Å². The van der Waals surface area contributed by atoms with Crippen LogP contribution in [0.5, 0.6) is 11.5 Å². The van der Waals surface area contributed by atoms with Crippen molar-refractivity contribution in [2.45, 2.75) is 45.1 Å². The summed E-state index contributed by atoms with van der Waals surface area (Å²) in [5.41, 5.74) is 2.70. The van der Waals surface area contributed by atoms with Gasteiger partial charge in [-0.25, -0.2) is 0 Å². The molecule has 2 atom stereocenters. The van der Waals surface area contributed by atoms with Crippen molar-refractivity contribution in [3.63, 3.8) is 0 Å². The lowest BCUT2D eigenvalue weighted by molar-refractivity contribution is 0.369. The number of methoxy groups -OCH3 is 2. The number of hydrogen-bond donors (Lipinski definition) is 1. The Labute approximate surface area is 116 Å². The van der Waals surface area contributed by atoms with E-state index in [4.69, 9.17) is 9.47 Å². The minimum atomic E-state index is 0.426. The molecule has 2 rings (SSSR count). The Kier molecular flexibility index (Phi) is 4.70. The second kappa shape index (κ2) is 6.29. The van der Waals surface area contributed by atoms with Crippen LogP contribution in [0.3, 0.4) is 0 Å². The molecule has 0 saturated carbocycles. The average Bonchev–Trinajstić information content (AvgIpc) is 2.45. The van der Waals surface area contributed by atoms with E-state index in [0.717, 1.165) is 24.5 Å². The molecule has 3 heteroatoms. The molecule has 1 aromatic rings. The second-order valence-electron chi connectivity index (χ2n) is 5.32. The van der Waals surface area contributed by atoms with E-state index in [9.17, 15) is 0 Å². The Hall–Kier alpha value is -1.22. The highest BCUT2D eigenvalue weighted by Crippen LogP contribution is 2.44. The van der Waals surface area contributed by atoms with Gasteiger partial charge in [0.1, 0.15) is 11.5 Å². The molecule has 106 valence electrons. The van der Waals surface area contributed by atoms with Gasteiger partial charge in [-0.15, -0.1) is 0 Å². The highest BCUT2D eigenvalue weighted by Gasteiger charge is 2.28. The monoisotopic (exact) mass is 263 g/mol. The number of hydrogen-bond acceptors (Lipinski definition) is 3. The number of nitrogens with one attached hydrogen (secondary N) is 1. The summed E-state index contributed by atoms with van der Waals surface area (Å²) < 4.78 is 11.0. The number of ether oxygens (including phenoxy) is 2. The first-order valence-corrected chi connectivity index (χ1v) is 7.20. The van der Waals surface area contributed by atoms with Gasteiger partial charge in [0.25, 0.3) is 0 Å². The van der Waals surface area contributed by atoms with Crippen LogP contribution < -0.4 is 14.8 Å². The molecule has 0 spiro atoms. The minimum absolute atomic E-state index is 0.426. The van der Waals surface area contributed by atoms with Gasteiger partial charge in [-0.2, -0.15) is 0 Å². The maximum atomic E-state index is 5.57. The van der Waals surface area contributed by atoms with Gasteiger partial charge in [-0.1, -0.05) is 13.8 Å². The Balaban J connectivity index is 2.42. The largest absolute Gasteiger partial charge is 0.497 e. The summed E-state index contributed by atoms with van der Waals surface area (Å²) in [4.78, 5) is 0. The normalized spacial score (nSPS) is 21.9. The Morgan fingerprint density at radius 2 is 2.00 bits per heavy atom. The van der Waals surface area contributed by atoms with Crippen molar-refractivity contribution in [1.29, 1.82) is 0 Å². The standard InChI is InChI=1S/C16H25NO2/c1-5-8-17-14-7-6-11(2)16-13(14)9-12(18-3)10-15(16)19-4/h9-11,14,17H,5-8H2,1-4H3. The van der Waals surface area contributed by atoms with Crippen molar-refractivity contribution >= 4 is 0 Å². The van der Waals surface area contributed by atoms with Crippen molar-refractivity contribution in [2.24, 2.45) is 0 Å². The van der Waals surface area contributed by atoms with Crippen LogP contribution in [0, 0.1) is 0 Å². The average molecular weight is 263 g/mol. The topological polar surface area (TPSA) is 30.5 Å². The van der Waals surface area contributed by atoms with E-state index in [0.29, 0.717) is 12.0 Å². The van der Waals surface area contributed by atoms with Crippen LogP contribution >= 0.6 is 0 Å². The van der Waals surface area contributed by atoms with E-state index in [1.807, 2.05) is 6.07 Å². The van der Waals surface area contributed by atoms with Crippen LogP contribution in [0.2, 0.25) is 0 Å². The predicted octanol–water partition coefficient (Wildman–Crippen LogP) is 3.64. The molecule has 0 radical (unpaired) electrons. The first kappa shape index (κ1) is 14.2. The molecule has 0 bridgehead atoms. The van der Waals surface area contributed by atoms with Crippen LogP contribution in [0.4, 0.5) is 0 Å². The Bertz CT molecular complexity index is 431. The molecule has 2 unspecified atom stereocenters. The van der Waals surface area contributed by atoms with Crippen LogP contribution in [-0.4, -0.2) is 20.8 Å². The lowest BCUT2D eigenvalue weighted by Crippen LogP contribution is -2.27. The van der Waals surface area contributed by atoms with E-state index in [1.165, 1.54) is 24.0 Å². The molecule has 0 amide bonds. The molecule has 3 nitrogen and oxygen atoms in total. The van der Waals surface area contributed by atoms with Crippen LogP contribution in [-0.2, 0) is 0 Å². The van der Waals surface area contributed by atoms with E-state index in [2.05, 4.69) is 25.2 Å². The van der Waals surface area contributed by atoms with E-state index in [-0.39, 0.29) is 0 Å². The maximum absolute atomic E-state index is 5.57. The molecule has 0 saturated heterocycles. The molecule has 1 N–H and O–H groups in total. The molecule has 19 heavy (non-hydrogen) atoms. The Morgan fingerprint density at radius 1 is 1.21 bits per heavy atom. The molecule has 0 aliphatic heterocycles. The summed E-state index contributed by atoms with van der Waals surface area (Å²) in [6.45, 7) is 5.54. The summed E-state index contributed by atoms with van der Waals surface area (Å²) in [6, 6.07) is 4.59. The molecule has 1 aromatic carbocycles. The summed E-state index contributed by atoms with van der Waals surface area (Å²) in [5.74, 6) is 2.40. The number of benzene rings is 1. The van der Waals surface area contributed by atoms with E-state index >= 15 is 0 Å². The Morgan fingerprint density at radius 3 is 2.63 bits per heavy atom. The highest BCUT2D eigenvalue weighted by atomic mass is 16.5. The third kappa shape index (κ3) is 2.86. The SMILES string of the molecule is CCCNC1CCC(C)c2c(OC)cc(OC)cc21. The lowest BCUT2D eigenvalue weighted by Gasteiger charge is -2.32. The summed E-state index contributed by atoms with van der Waals surface area (Å²) in [7, 11) is 3.45. The van der Waals surface area contributed by atoms with Gasteiger partial charge >= 0.3 is 0 Å². The zero-order chi connectivity index (χ0) is 13.8. The third-order valence-corrected chi connectivity index (χ3v) is 4.00. The smallest absolute Gasteiger partial charge is 0.126 e. The first-order valence-electron chi connectivity index (χ1n) is 7.20. The van der Waals surface area contributed by atoms with Crippen LogP contribution in [0.25, 0.3) is 0 Å². The van der Waals surface area contributed by atoms with Gasteiger partial charge in [0, 0.05) is 17.7 Å². The second-order valence-corrected chi connectivity index (χ2v) is 5.32. The minimum Gasteiger partial charge on any atom is -0.497 e. The zero-order valence-corrected chi connectivity index (χ0v) is 12.5. The van der Waals surface area contributed by atoms with Crippen LogP contribution in [0.15, 0.2) is 12.1 Å². The van der Waals surface area contributed by atoms with Gasteiger partial charge in [0.15, 0.2) is 0 Å². The van der Waals surface area contributed by atoms with Gasteiger partial charge in [0.05, 0.1) is 14.2 Å². The van der Waals surface area contributed by atoms with Crippen molar-refractivity contribution < 1.29 is 9.47 Å². The first-order chi connectivity index (χ1) is 9.21. The number of rotatable bonds is 5. The maximum Gasteiger partial charge on any atom is 0.126 e. The van der Waals surface area contributed by atoms with Gasteiger partial charge in [0.2, 0.25) is 0 Å². The van der Waals surface area contributed by atoms with Crippen molar-refractivity contribution in [1.82, 2.24) is 5.32 Å². The quantitative estimate of drug-likeness (QED) is 0.879.